The normalized spacial score (nSPS) is 25.6. The molecular weight excluding hydrogens is 278 g/mol. The van der Waals surface area contributed by atoms with Crippen molar-refractivity contribution in [3.05, 3.63) is 17.7 Å². The van der Waals surface area contributed by atoms with Crippen molar-refractivity contribution >= 4 is 0 Å². The Morgan fingerprint density at radius 3 is 2.45 bits per heavy atom. The van der Waals surface area contributed by atoms with Gasteiger partial charge in [-0.3, -0.25) is 0 Å². The number of hydrogen-bond acceptors (Lipinski definition) is 4. The Bertz CT molecular complexity index is 548. The molecule has 1 saturated carbocycles. The highest BCUT2D eigenvalue weighted by Crippen LogP contribution is 2.52. The molecule has 22 heavy (non-hydrogen) atoms. The van der Waals surface area contributed by atoms with Crippen LogP contribution in [0.1, 0.15) is 58.4 Å². The number of fused-ring (bicyclic) bond motifs is 1. The van der Waals surface area contributed by atoms with E-state index in [4.69, 9.17) is 19.9 Å². The summed E-state index contributed by atoms with van der Waals surface area (Å²) < 4.78 is 18.0. The van der Waals surface area contributed by atoms with Gasteiger partial charge in [0.25, 0.3) is 0 Å². The minimum Gasteiger partial charge on any atom is -0.494 e. The van der Waals surface area contributed by atoms with E-state index in [1.165, 1.54) is 12.8 Å². The van der Waals surface area contributed by atoms with Crippen LogP contribution in [0.25, 0.3) is 0 Å². The van der Waals surface area contributed by atoms with Gasteiger partial charge in [-0.1, -0.05) is 0 Å². The van der Waals surface area contributed by atoms with Gasteiger partial charge in [0.1, 0.15) is 22.8 Å². The lowest BCUT2D eigenvalue weighted by atomic mass is 9.77. The summed E-state index contributed by atoms with van der Waals surface area (Å²) in [6.45, 7) is 7.28. The molecule has 1 aliphatic carbocycles. The second kappa shape index (κ2) is 5.65. The van der Waals surface area contributed by atoms with Crippen molar-refractivity contribution in [1.29, 1.82) is 0 Å². The van der Waals surface area contributed by atoms with Crippen LogP contribution < -0.4 is 19.9 Å². The number of benzene rings is 1. The van der Waals surface area contributed by atoms with E-state index in [1.807, 2.05) is 26.0 Å². The predicted molar refractivity (Wildman–Crippen MR) is 86.8 cm³/mol. The van der Waals surface area contributed by atoms with E-state index in [-0.39, 0.29) is 5.60 Å². The largest absolute Gasteiger partial charge is 0.494 e. The lowest BCUT2D eigenvalue weighted by molar-refractivity contribution is 0.0207. The summed E-state index contributed by atoms with van der Waals surface area (Å²) in [5.74, 6) is 2.42. The lowest BCUT2D eigenvalue weighted by Gasteiger charge is -2.44. The first-order chi connectivity index (χ1) is 10.5. The molecule has 0 radical (unpaired) electrons. The molecule has 122 valence electrons. The summed E-state index contributed by atoms with van der Waals surface area (Å²) in [6, 6.07) is 3.92. The van der Waals surface area contributed by atoms with E-state index in [0.717, 1.165) is 42.1 Å². The molecular formula is C18H27NO3. The van der Waals surface area contributed by atoms with Gasteiger partial charge in [-0.2, -0.15) is 0 Å². The van der Waals surface area contributed by atoms with Gasteiger partial charge >= 0.3 is 0 Å². The van der Waals surface area contributed by atoms with Crippen molar-refractivity contribution in [3.8, 4) is 17.2 Å². The molecule has 4 nitrogen and oxygen atoms in total. The van der Waals surface area contributed by atoms with Crippen molar-refractivity contribution in [1.82, 2.24) is 0 Å². The minimum absolute atomic E-state index is 0.106. The molecule has 0 aromatic heterocycles. The standard InChI is InChI=1S/C18H27NO3/c1-4-20-13-10-14(21-5-2)16-15(11-13)22-18(8-6-7-9-18)12-17(16,3)19/h10-11H,4-9,12,19H2,1-3H3. The Morgan fingerprint density at radius 1 is 1.14 bits per heavy atom. The molecule has 1 aromatic carbocycles. The summed E-state index contributed by atoms with van der Waals surface area (Å²) in [5, 5.41) is 0. The minimum atomic E-state index is -0.437. The van der Waals surface area contributed by atoms with Crippen LogP contribution in [0.2, 0.25) is 0 Å². The zero-order chi connectivity index (χ0) is 15.8. The van der Waals surface area contributed by atoms with Crippen LogP contribution in [0.4, 0.5) is 0 Å². The average molecular weight is 305 g/mol. The topological polar surface area (TPSA) is 53.7 Å². The maximum absolute atomic E-state index is 6.70. The SMILES string of the molecule is CCOc1cc(OCC)c2c(c1)OC1(CCCC1)CC2(C)N. The summed E-state index contributed by atoms with van der Waals surface area (Å²) in [5.41, 5.74) is 7.14. The van der Waals surface area contributed by atoms with E-state index in [2.05, 4.69) is 6.92 Å². The molecule has 1 aromatic rings. The first-order valence-electron chi connectivity index (χ1n) is 8.42. The molecule has 1 atom stereocenters. The van der Waals surface area contributed by atoms with Crippen LogP contribution in [-0.4, -0.2) is 18.8 Å². The quantitative estimate of drug-likeness (QED) is 0.920. The van der Waals surface area contributed by atoms with Gasteiger partial charge in [0, 0.05) is 24.1 Å². The van der Waals surface area contributed by atoms with Gasteiger partial charge in [-0.05, 0) is 46.5 Å². The van der Waals surface area contributed by atoms with E-state index < -0.39 is 5.54 Å². The highest BCUT2D eigenvalue weighted by molar-refractivity contribution is 5.55. The van der Waals surface area contributed by atoms with Gasteiger partial charge in [0.15, 0.2) is 0 Å². The molecule has 2 N–H and O–H groups in total. The van der Waals surface area contributed by atoms with Crippen LogP contribution in [-0.2, 0) is 5.54 Å². The summed E-state index contributed by atoms with van der Waals surface area (Å²) in [7, 11) is 0. The third kappa shape index (κ3) is 2.65. The van der Waals surface area contributed by atoms with E-state index in [9.17, 15) is 0 Å². The Kier molecular flexibility index (Phi) is 3.98. The van der Waals surface area contributed by atoms with Crippen molar-refractivity contribution in [2.45, 2.75) is 64.0 Å². The second-order valence-corrected chi connectivity index (χ2v) is 6.75. The summed E-state index contributed by atoms with van der Waals surface area (Å²) >= 11 is 0. The monoisotopic (exact) mass is 305 g/mol. The second-order valence-electron chi connectivity index (χ2n) is 6.75. The van der Waals surface area contributed by atoms with Crippen LogP contribution in [0.15, 0.2) is 12.1 Å². The van der Waals surface area contributed by atoms with Crippen LogP contribution in [0.3, 0.4) is 0 Å². The van der Waals surface area contributed by atoms with Gasteiger partial charge in [0.05, 0.1) is 18.8 Å². The van der Waals surface area contributed by atoms with Crippen molar-refractivity contribution in [3.63, 3.8) is 0 Å². The molecule has 4 heteroatoms. The Morgan fingerprint density at radius 2 is 1.82 bits per heavy atom. The number of hydrogen-bond donors (Lipinski definition) is 1. The summed E-state index contributed by atoms with van der Waals surface area (Å²) in [6.07, 6.45) is 5.45. The molecule has 1 aliphatic heterocycles. The smallest absolute Gasteiger partial charge is 0.132 e. The van der Waals surface area contributed by atoms with E-state index in [1.54, 1.807) is 0 Å². The van der Waals surface area contributed by atoms with Crippen molar-refractivity contribution < 1.29 is 14.2 Å². The van der Waals surface area contributed by atoms with E-state index in [0.29, 0.717) is 13.2 Å². The maximum atomic E-state index is 6.70. The molecule has 3 rings (SSSR count). The number of ether oxygens (including phenoxy) is 3. The van der Waals surface area contributed by atoms with Crippen LogP contribution >= 0.6 is 0 Å². The zero-order valence-electron chi connectivity index (χ0n) is 13.9. The van der Waals surface area contributed by atoms with Gasteiger partial charge in [-0.25, -0.2) is 0 Å². The van der Waals surface area contributed by atoms with Crippen molar-refractivity contribution in [2.24, 2.45) is 5.73 Å². The Hall–Kier alpha value is -1.42. The zero-order valence-corrected chi connectivity index (χ0v) is 13.9. The fourth-order valence-corrected chi connectivity index (χ4v) is 4.05. The fraction of sp³-hybridized carbons (Fsp3) is 0.667. The van der Waals surface area contributed by atoms with Crippen molar-refractivity contribution in [2.75, 3.05) is 13.2 Å². The van der Waals surface area contributed by atoms with E-state index >= 15 is 0 Å². The molecule has 1 fully saturated rings. The number of nitrogens with two attached hydrogens (primary N) is 1. The number of rotatable bonds is 4. The highest BCUT2D eigenvalue weighted by atomic mass is 16.5. The molecule has 0 amide bonds. The maximum Gasteiger partial charge on any atom is 0.132 e. The Balaban J connectivity index is 2.08. The molecule has 2 aliphatic rings. The predicted octanol–water partition coefficient (Wildman–Crippen LogP) is 3.75. The molecule has 1 spiro atoms. The molecule has 0 bridgehead atoms. The Labute approximate surface area is 132 Å². The molecule has 1 heterocycles. The fourth-order valence-electron chi connectivity index (χ4n) is 4.05. The van der Waals surface area contributed by atoms with Crippen LogP contribution in [0, 0.1) is 0 Å². The van der Waals surface area contributed by atoms with Gasteiger partial charge in [-0.15, -0.1) is 0 Å². The first-order valence-corrected chi connectivity index (χ1v) is 8.42. The first kappa shape index (κ1) is 15.5. The highest BCUT2D eigenvalue weighted by Gasteiger charge is 2.48. The van der Waals surface area contributed by atoms with Gasteiger partial charge < -0.3 is 19.9 Å². The molecule has 0 saturated heterocycles. The third-order valence-electron chi connectivity index (χ3n) is 4.75. The van der Waals surface area contributed by atoms with Gasteiger partial charge in [0.2, 0.25) is 0 Å². The average Bonchev–Trinajstić information content (AvgIpc) is 2.85. The third-order valence-corrected chi connectivity index (χ3v) is 4.75. The molecule has 1 unspecified atom stereocenters. The van der Waals surface area contributed by atoms with Crippen LogP contribution in [0.5, 0.6) is 17.2 Å². The summed E-state index contributed by atoms with van der Waals surface area (Å²) in [4.78, 5) is 0. The lowest BCUT2D eigenvalue weighted by Crippen LogP contribution is -2.49.